The molecule has 98 valence electrons. The van der Waals surface area contributed by atoms with Gasteiger partial charge in [-0.1, -0.05) is 0 Å². The number of carbonyl (C=O) groups is 2. The van der Waals surface area contributed by atoms with Gasteiger partial charge in [0.05, 0.1) is 0 Å². The van der Waals surface area contributed by atoms with Gasteiger partial charge in [-0.15, -0.1) is 0 Å². The van der Waals surface area contributed by atoms with Crippen molar-refractivity contribution in [1.29, 1.82) is 0 Å². The molecule has 0 heterocycles. The minimum absolute atomic E-state index is 0.125. The third kappa shape index (κ3) is 6.57. The van der Waals surface area contributed by atoms with E-state index >= 15 is 0 Å². The van der Waals surface area contributed by atoms with Crippen LogP contribution < -0.4 is 0 Å². The first-order valence-electron chi connectivity index (χ1n) is 5.78. The quantitative estimate of drug-likeness (QED) is 0.618. The summed E-state index contributed by atoms with van der Waals surface area (Å²) in [6, 6.07) is 9.57. The van der Waals surface area contributed by atoms with Gasteiger partial charge in [0, 0.05) is 0 Å². The van der Waals surface area contributed by atoms with E-state index in [1.165, 1.54) is 0 Å². The molecule has 1 aromatic carbocycles. The van der Waals surface area contributed by atoms with Gasteiger partial charge in [0.1, 0.15) is 0 Å². The topological polar surface area (TPSA) is 43.4 Å². The van der Waals surface area contributed by atoms with Crippen molar-refractivity contribution in [1.82, 2.24) is 0 Å². The summed E-state index contributed by atoms with van der Waals surface area (Å²) in [5, 5.41) is 0.218. The first-order chi connectivity index (χ1) is 8.37. The van der Waals surface area contributed by atoms with Crippen molar-refractivity contribution >= 4 is 25.6 Å². The summed E-state index contributed by atoms with van der Waals surface area (Å²) in [5.74, 6) is -0.288. The summed E-state index contributed by atoms with van der Waals surface area (Å²) >= 11 is -0.335. The molecule has 0 bridgehead atoms. The summed E-state index contributed by atoms with van der Waals surface area (Å²) < 4.78 is 5.29. The molecule has 0 aliphatic rings. The van der Waals surface area contributed by atoms with Crippen molar-refractivity contribution in [3.05, 3.63) is 35.9 Å². The molecule has 0 saturated heterocycles. The molecule has 18 heavy (non-hydrogen) atoms. The summed E-state index contributed by atoms with van der Waals surface area (Å²) in [6.07, 6.45) is 0.406. The Bertz CT molecular complexity index is 407. The molecule has 0 spiro atoms. The molecule has 0 aliphatic heterocycles. The van der Waals surface area contributed by atoms with Gasteiger partial charge in [-0.25, -0.2) is 0 Å². The number of hydrogen-bond acceptors (Lipinski definition) is 3. The van der Waals surface area contributed by atoms with Crippen LogP contribution in [-0.2, 0) is 20.7 Å². The van der Waals surface area contributed by atoms with Crippen molar-refractivity contribution in [2.45, 2.75) is 38.1 Å². The molecule has 0 aliphatic carbocycles. The van der Waals surface area contributed by atoms with Gasteiger partial charge in [0.15, 0.2) is 0 Å². The Morgan fingerprint density at radius 3 is 2.33 bits per heavy atom. The first-order valence-corrected chi connectivity index (χ1v) is 7.85. The predicted molar refractivity (Wildman–Crippen MR) is 71.6 cm³/mol. The van der Waals surface area contributed by atoms with Crippen LogP contribution in [0.25, 0.3) is 0 Å². The molecule has 0 saturated carbocycles. The molecule has 0 atom stereocenters. The SMILES string of the molecule is CC(C)(C)OC(=O)C[Se]C(=O)Cc1ccccc1. The van der Waals surface area contributed by atoms with Crippen molar-refractivity contribution < 1.29 is 14.3 Å². The van der Waals surface area contributed by atoms with Gasteiger partial charge in [-0.05, 0) is 0 Å². The second-order valence-electron chi connectivity index (χ2n) is 4.91. The van der Waals surface area contributed by atoms with Gasteiger partial charge in [0.25, 0.3) is 0 Å². The van der Waals surface area contributed by atoms with Gasteiger partial charge in [-0.2, -0.15) is 0 Å². The molecule has 0 amide bonds. The van der Waals surface area contributed by atoms with E-state index in [1.54, 1.807) is 0 Å². The molecule has 1 rings (SSSR count). The fourth-order valence-electron chi connectivity index (χ4n) is 1.32. The Morgan fingerprint density at radius 2 is 1.78 bits per heavy atom. The minimum atomic E-state index is -0.477. The van der Waals surface area contributed by atoms with Crippen LogP contribution in [0.1, 0.15) is 26.3 Å². The third-order valence-electron chi connectivity index (χ3n) is 1.96. The monoisotopic (exact) mass is 314 g/mol. The van der Waals surface area contributed by atoms with Crippen LogP contribution in [0.15, 0.2) is 30.3 Å². The average molecular weight is 313 g/mol. The Balaban J connectivity index is 2.32. The first kappa shape index (κ1) is 14.9. The van der Waals surface area contributed by atoms with E-state index in [0.717, 1.165) is 5.56 Å². The third-order valence-corrected chi connectivity index (χ3v) is 3.74. The van der Waals surface area contributed by atoms with Crippen molar-refractivity contribution in [2.75, 3.05) is 0 Å². The Morgan fingerprint density at radius 1 is 1.17 bits per heavy atom. The molecular formula is C14H18O3Se. The number of esters is 1. The van der Waals surface area contributed by atoms with E-state index in [4.69, 9.17) is 4.74 Å². The van der Waals surface area contributed by atoms with Crippen LogP contribution in [0.5, 0.6) is 0 Å². The van der Waals surface area contributed by atoms with Crippen LogP contribution in [0, 0.1) is 0 Å². The predicted octanol–water partition coefficient (Wildman–Crippen LogP) is 2.22. The zero-order valence-electron chi connectivity index (χ0n) is 10.9. The zero-order chi connectivity index (χ0) is 13.6. The summed E-state index contributed by atoms with van der Waals surface area (Å²) in [4.78, 5) is 23.2. The molecule has 1 aromatic rings. The molecule has 4 heteroatoms. The molecule has 0 aromatic heterocycles. The standard InChI is InChI=1S/C14H18O3Se/c1-14(2,3)17-12(15)10-18-13(16)9-11-7-5-4-6-8-11/h4-8H,9-10H2,1-3H3. The number of carbonyl (C=O) groups excluding carboxylic acids is 2. The van der Waals surface area contributed by atoms with Gasteiger partial charge in [-0.3, -0.25) is 0 Å². The molecule has 0 fully saturated rings. The van der Waals surface area contributed by atoms with Crippen LogP contribution >= 0.6 is 0 Å². The average Bonchev–Trinajstić information content (AvgIpc) is 2.25. The normalized spacial score (nSPS) is 11.1. The summed E-state index contributed by atoms with van der Waals surface area (Å²) in [7, 11) is 0. The van der Waals surface area contributed by atoms with Crippen molar-refractivity contribution in [3.63, 3.8) is 0 Å². The van der Waals surface area contributed by atoms with Crippen LogP contribution in [0.3, 0.4) is 0 Å². The molecule has 0 unspecified atom stereocenters. The maximum absolute atomic E-state index is 11.7. The molecular weight excluding hydrogens is 295 g/mol. The van der Waals surface area contributed by atoms with Gasteiger partial charge < -0.3 is 0 Å². The fourth-order valence-corrected chi connectivity index (χ4v) is 2.60. The molecule has 0 radical (unpaired) electrons. The summed E-state index contributed by atoms with van der Waals surface area (Å²) in [6.45, 7) is 5.47. The molecule has 0 N–H and O–H groups in total. The van der Waals surface area contributed by atoms with E-state index in [0.29, 0.717) is 6.42 Å². The Labute approximate surface area is 114 Å². The van der Waals surface area contributed by atoms with E-state index in [2.05, 4.69) is 0 Å². The second-order valence-corrected chi connectivity index (χ2v) is 7.08. The Kier molecular flexibility index (Phi) is 5.57. The number of rotatable bonds is 5. The number of hydrogen-bond donors (Lipinski definition) is 0. The fraction of sp³-hybridized carbons (Fsp3) is 0.429. The number of ether oxygens (including phenoxy) is 1. The van der Waals surface area contributed by atoms with Gasteiger partial charge >= 0.3 is 114 Å². The van der Waals surface area contributed by atoms with E-state index < -0.39 is 5.60 Å². The van der Waals surface area contributed by atoms with Crippen molar-refractivity contribution in [3.8, 4) is 0 Å². The van der Waals surface area contributed by atoms with E-state index in [-0.39, 0.29) is 30.9 Å². The van der Waals surface area contributed by atoms with E-state index in [9.17, 15) is 9.59 Å². The zero-order valence-corrected chi connectivity index (χ0v) is 12.6. The number of benzene rings is 1. The maximum atomic E-state index is 11.7. The second kappa shape index (κ2) is 6.72. The van der Waals surface area contributed by atoms with Crippen LogP contribution in [0.4, 0.5) is 0 Å². The van der Waals surface area contributed by atoms with Crippen LogP contribution in [-0.4, -0.2) is 31.2 Å². The van der Waals surface area contributed by atoms with Crippen molar-refractivity contribution in [2.24, 2.45) is 0 Å². The Hall–Kier alpha value is -1.12. The summed E-state index contributed by atoms with van der Waals surface area (Å²) in [5.41, 5.74) is 0.517. The van der Waals surface area contributed by atoms with Gasteiger partial charge in [0.2, 0.25) is 0 Å². The van der Waals surface area contributed by atoms with E-state index in [1.807, 2.05) is 51.1 Å². The van der Waals surface area contributed by atoms with Crippen LogP contribution in [0.2, 0.25) is 5.32 Å². The molecule has 3 nitrogen and oxygen atoms in total.